The normalized spacial score (nSPS) is 29.8. The lowest BCUT2D eigenvalue weighted by molar-refractivity contribution is 0.106. The van der Waals surface area contributed by atoms with Crippen LogP contribution in [0.15, 0.2) is 12.5 Å². The molecule has 0 saturated carbocycles. The highest BCUT2D eigenvalue weighted by atomic mass is 32.2. The first-order valence-electron chi connectivity index (χ1n) is 5.85. The smallest absolute Gasteiger partial charge is 0.105 e. The van der Waals surface area contributed by atoms with Crippen molar-refractivity contribution < 1.29 is 4.74 Å². The molecule has 1 saturated heterocycles. The van der Waals surface area contributed by atoms with Crippen LogP contribution >= 0.6 is 11.8 Å². The fraction of sp³-hybridized carbons (Fsp3) is 0.750. The molecule has 0 unspecified atom stereocenters. The molecule has 0 amide bonds. The van der Waals surface area contributed by atoms with E-state index in [4.69, 9.17) is 4.74 Å². The van der Waals surface area contributed by atoms with Gasteiger partial charge < -0.3 is 9.30 Å². The second kappa shape index (κ2) is 5.23. The molecule has 1 aromatic rings. The molecule has 90 valence electrons. The third-order valence-corrected chi connectivity index (χ3v) is 5.01. The number of aromatic nitrogens is 2. The highest BCUT2D eigenvalue weighted by Gasteiger charge is 2.35. The van der Waals surface area contributed by atoms with E-state index in [0.29, 0.717) is 11.4 Å². The summed E-state index contributed by atoms with van der Waals surface area (Å²) < 4.78 is 7.66. The summed E-state index contributed by atoms with van der Waals surface area (Å²) in [6.45, 7) is 2.26. The first-order valence-corrected chi connectivity index (χ1v) is 6.90. The maximum atomic E-state index is 5.53. The van der Waals surface area contributed by atoms with Crippen molar-refractivity contribution in [3.05, 3.63) is 18.2 Å². The standard InChI is InChI=1S/C12H20N2OS/c1-4-11-9(7-16-12(11)15-3)5-10-6-13-8-14(10)2/h6,8-9,11-12H,4-5,7H2,1-3H3/t9-,11-,12+/m0/s1. The highest BCUT2D eigenvalue weighted by molar-refractivity contribution is 8.00. The Hall–Kier alpha value is -0.480. The summed E-state index contributed by atoms with van der Waals surface area (Å²) in [5.74, 6) is 2.63. The van der Waals surface area contributed by atoms with Crippen molar-refractivity contribution in [1.82, 2.24) is 9.55 Å². The fourth-order valence-corrected chi connectivity index (χ4v) is 4.12. The quantitative estimate of drug-likeness (QED) is 0.808. The zero-order chi connectivity index (χ0) is 11.5. The van der Waals surface area contributed by atoms with Crippen molar-refractivity contribution in [3.8, 4) is 0 Å². The molecule has 0 aromatic carbocycles. The molecule has 0 aliphatic carbocycles. The van der Waals surface area contributed by atoms with Gasteiger partial charge in [0.2, 0.25) is 0 Å². The molecule has 2 heterocycles. The van der Waals surface area contributed by atoms with Crippen LogP contribution in [-0.4, -0.2) is 27.8 Å². The Balaban J connectivity index is 2.03. The van der Waals surface area contributed by atoms with Gasteiger partial charge in [-0.25, -0.2) is 4.98 Å². The first kappa shape index (κ1) is 12.0. The number of hydrogen-bond donors (Lipinski definition) is 0. The molecular weight excluding hydrogens is 220 g/mol. The van der Waals surface area contributed by atoms with E-state index in [0.717, 1.165) is 12.3 Å². The van der Waals surface area contributed by atoms with Crippen LogP contribution in [0.2, 0.25) is 0 Å². The minimum Gasteiger partial charge on any atom is -0.371 e. The Bertz CT molecular complexity index is 340. The van der Waals surface area contributed by atoms with Gasteiger partial charge in [-0.2, -0.15) is 0 Å². The van der Waals surface area contributed by atoms with E-state index >= 15 is 0 Å². The van der Waals surface area contributed by atoms with E-state index in [9.17, 15) is 0 Å². The molecule has 2 rings (SSSR count). The molecule has 0 spiro atoms. The Morgan fingerprint density at radius 1 is 1.62 bits per heavy atom. The highest BCUT2D eigenvalue weighted by Crippen LogP contribution is 2.40. The number of nitrogens with zero attached hydrogens (tertiary/aromatic N) is 2. The lowest BCUT2D eigenvalue weighted by Crippen LogP contribution is -2.22. The van der Waals surface area contributed by atoms with Crippen LogP contribution in [0.25, 0.3) is 0 Å². The third kappa shape index (κ3) is 2.28. The Kier molecular flexibility index (Phi) is 3.92. The fourth-order valence-electron chi connectivity index (χ4n) is 2.52. The molecule has 1 aromatic heterocycles. The molecule has 3 nitrogen and oxygen atoms in total. The molecule has 3 atom stereocenters. The molecule has 16 heavy (non-hydrogen) atoms. The predicted octanol–water partition coefficient (Wildman–Crippen LogP) is 2.32. The van der Waals surface area contributed by atoms with Gasteiger partial charge in [0.15, 0.2) is 0 Å². The van der Waals surface area contributed by atoms with Crippen LogP contribution < -0.4 is 0 Å². The molecule has 0 N–H and O–H groups in total. The third-order valence-electron chi connectivity index (χ3n) is 3.52. The number of rotatable bonds is 4. The van der Waals surface area contributed by atoms with Crippen molar-refractivity contribution in [1.29, 1.82) is 0 Å². The number of hydrogen-bond acceptors (Lipinski definition) is 3. The van der Waals surface area contributed by atoms with Gasteiger partial charge in [0.25, 0.3) is 0 Å². The van der Waals surface area contributed by atoms with Gasteiger partial charge in [0.05, 0.1) is 6.33 Å². The SMILES string of the molecule is CC[C@H]1[C@@H](Cc2cncn2C)CS[C@H]1OC. The van der Waals surface area contributed by atoms with Gasteiger partial charge in [-0.1, -0.05) is 6.92 Å². The van der Waals surface area contributed by atoms with Gasteiger partial charge in [-0.05, 0) is 30.4 Å². The molecular formula is C12H20N2OS. The summed E-state index contributed by atoms with van der Waals surface area (Å²) >= 11 is 1.96. The van der Waals surface area contributed by atoms with Crippen LogP contribution in [0.3, 0.4) is 0 Å². The van der Waals surface area contributed by atoms with Crippen LogP contribution in [0.4, 0.5) is 0 Å². The molecule has 0 bridgehead atoms. The van der Waals surface area contributed by atoms with Gasteiger partial charge in [0.1, 0.15) is 5.44 Å². The largest absolute Gasteiger partial charge is 0.371 e. The molecule has 1 aliphatic rings. The molecule has 1 fully saturated rings. The van der Waals surface area contributed by atoms with Crippen LogP contribution in [0, 0.1) is 11.8 Å². The Labute approximate surface area is 102 Å². The van der Waals surface area contributed by atoms with Crippen LogP contribution in [0.5, 0.6) is 0 Å². The van der Waals surface area contributed by atoms with Crippen molar-refractivity contribution in [2.45, 2.75) is 25.2 Å². The predicted molar refractivity (Wildman–Crippen MR) is 67.4 cm³/mol. The van der Waals surface area contributed by atoms with E-state index < -0.39 is 0 Å². The summed E-state index contributed by atoms with van der Waals surface area (Å²) in [5.41, 5.74) is 1.73. The topological polar surface area (TPSA) is 27.1 Å². The van der Waals surface area contributed by atoms with E-state index in [1.165, 1.54) is 17.9 Å². The number of imidazole rings is 1. The number of thioether (sulfide) groups is 1. The zero-order valence-electron chi connectivity index (χ0n) is 10.2. The lowest BCUT2D eigenvalue weighted by Gasteiger charge is -2.21. The summed E-state index contributed by atoms with van der Waals surface area (Å²) in [5, 5.41) is 0. The van der Waals surface area contributed by atoms with Crippen molar-refractivity contribution >= 4 is 11.8 Å². The lowest BCUT2D eigenvalue weighted by atomic mass is 9.89. The van der Waals surface area contributed by atoms with Crippen molar-refractivity contribution in [3.63, 3.8) is 0 Å². The number of methoxy groups -OCH3 is 1. The monoisotopic (exact) mass is 240 g/mol. The second-order valence-electron chi connectivity index (χ2n) is 4.47. The molecule has 0 radical (unpaired) electrons. The summed E-state index contributed by atoms with van der Waals surface area (Å²) in [4.78, 5) is 4.18. The molecule has 1 aliphatic heterocycles. The average Bonchev–Trinajstić information content (AvgIpc) is 2.86. The molecule has 4 heteroatoms. The van der Waals surface area contributed by atoms with Crippen molar-refractivity contribution in [2.24, 2.45) is 18.9 Å². The number of aryl methyl sites for hydroxylation is 1. The van der Waals surface area contributed by atoms with Gasteiger partial charge >= 0.3 is 0 Å². The maximum Gasteiger partial charge on any atom is 0.105 e. The minimum absolute atomic E-state index is 0.392. The van der Waals surface area contributed by atoms with Gasteiger partial charge in [-0.15, -0.1) is 11.8 Å². The van der Waals surface area contributed by atoms with Gasteiger partial charge in [0, 0.05) is 26.0 Å². The Morgan fingerprint density at radius 3 is 3.00 bits per heavy atom. The van der Waals surface area contributed by atoms with Crippen LogP contribution in [-0.2, 0) is 18.2 Å². The van der Waals surface area contributed by atoms with Crippen molar-refractivity contribution in [2.75, 3.05) is 12.9 Å². The zero-order valence-corrected chi connectivity index (χ0v) is 11.0. The minimum atomic E-state index is 0.392. The number of ether oxygens (including phenoxy) is 1. The summed E-state index contributed by atoms with van der Waals surface area (Å²) in [6.07, 6.45) is 6.19. The van der Waals surface area contributed by atoms with Gasteiger partial charge in [-0.3, -0.25) is 0 Å². The first-order chi connectivity index (χ1) is 7.76. The van der Waals surface area contributed by atoms with E-state index in [1.54, 1.807) is 0 Å². The summed E-state index contributed by atoms with van der Waals surface area (Å²) in [6, 6.07) is 0. The second-order valence-corrected chi connectivity index (χ2v) is 5.60. The maximum absolute atomic E-state index is 5.53. The van der Waals surface area contributed by atoms with E-state index in [1.807, 2.05) is 31.4 Å². The van der Waals surface area contributed by atoms with Crippen LogP contribution in [0.1, 0.15) is 19.0 Å². The summed E-state index contributed by atoms with van der Waals surface area (Å²) in [7, 11) is 3.89. The average molecular weight is 240 g/mol. The van der Waals surface area contributed by atoms with E-state index in [-0.39, 0.29) is 0 Å². The van der Waals surface area contributed by atoms with E-state index in [2.05, 4.69) is 23.5 Å². The Morgan fingerprint density at radius 2 is 2.44 bits per heavy atom.